The highest BCUT2D eigenvalue weighted by molar-refractivity contribution is 5.70. The van der Waals surface area contributed by atoms with Crippen molar-refractivity contribution in [2.45, 2.75) is 52.5 Å². The second-order valence-electron chi connectivity index (χ2n) is 3.82. The molecule has 0 fully saturated rings. The Morgan fingerprint density at radius 1 is 1.36 bits per heavy atom. The fourth-order valence-electron chi connectivity index (χ4n) is 1.75. The van der Waals surface area contributed by atoms with Gasteiger partial charge in [0.15, 0.2) is 0 Å². The van der Waals surface area contributed by atoms with Gasteiger partial charge in [-0.05, 0) is 26.8 Å². The Morgan fingerprint density at radius 3 is 2.43 bits per heavy atom. The monoisotopic (exact) mass is 201 g/mol. The van der Waals surface area contributed by atoms with Gasteiger partial charge in [0.2, 0.25) is 0 Å². The molecule has 0 rings (SSSR count). The molecule has 0 bridgehead atoms. The molecule has 0 amide bonds. The first-order chi connectivity index (χ1) is 6.58. The Hall–Kier alpha value is -0.570. The molecule has 0 aliphatic rings. The smallest absolute Gasteiger partial charge is 0.307 e. The molecule has 0 aromatic carbocycles. The molecule has 1 unspecified atom stereocenters. The van der Waals surface area contributed by atoms with Gasteiger partial charge in [-0.3, -0.25) is 4.79 Å². The number of carbonyl (C=O) groups excluding carboxylic acids is 1. The largest absolute Gasteiger partial charge is 0.466 e. The molecule has 0 heterocycles. The van der Waals surface area contributed by atoms with Crippen molar-refractivity contribution in [1.29, 1.82) is 0 Å². The predicted molar refractivity (Wildman–Crippen MR) is 58.2 cm³/mol. The number of carbonyl (C=O) groups is 1. The van der Waals surface area contributed by atoms with Gasteiger partial charge in [-0.1, -0.05) is 20.3 Å². The fourth-order valence-corrected chi connectivity index (χ4v) is 1.75. The second kappa shape index (κ2) is 6.82. The maximum Gasteiger partial charge on any atom is 0.307 e. The Morgan fingerprint density at radius 2 is 2.00 bits per heavy atom. The molecule has 3 nitrogen and oxygen atoms in total. The van der Waals surface area contributed by atoms with Gasteiger partial charge in [-0.15, -0.1) is 0 Å². The van der Waals surface area contributed by atoms with E-state index >= 15 is 0 Å². The molecule has 1 N–H and O–H groups in total. The van der Waals surface area contributed by atoms with E-state index in [1.54, 1.807) is 0 Å². The third kappa shape index (κ3) is 5.22. The second-order valence-corrected chi connectivity index (χ2v) is 3.82. The third-order valence-electron chi connectivity index (χ3n) is 2.25. The van der Waals surface area contributed by atoms with Gasteiger partial charge >= 0.3 is 5.97 Å². The van der Waals surface area contributed by atoms with Crippen LogP contribution in [0.4, 0.5) is 0 Å². The molecule has 84 valence electrons. The molecule has 0 radical (unpaired) electrons. The van der Waals surface area contributed by atoms with Crippen LogP contribution in [0.2, 0.25) is 0 Å². The van der Waals surface area contributed by atoms with E-state index in [0.29, 0.717) is 13.0 Å². The number of hydrogen-bond acceptors (Lipinski definition) is 3. The van der Waals surface area contributed by atoms with E-state index in [1.807, 2.05) is 6.92 Å². The Kier molecular flexibility index (Phi) is 6.54. The molecule has 0 aromatic rings. The lowest BCUT2D eigenvalue weighted by Crippen LogP contribution is -2.44. The molecule has 0 aliphatic heterocycles. The Bertz CT molecular complexity index is 163. The molecule has 1 atom stereocenters. The van der Waals surface area contributed by atoms with Gasteiger partial charge in [0.05, 0.1) is 13.0 Å². The van der Waals surface area contributed by atoms with E-state index in [9.17, 15) is 4.79 Å². The van der Waals surface area contributed by atoms with Gasteiger partial charge in [0.1, 0.15) is 0 Å². The van der Waals surface area contributed by atoms with E-state index in [0.717, 1.165) is 19.4 Å². The summed E-state index contributed by atoms with van der Waals surface area (Å²) in [6.07, 6.45) is 2.53. The summed E-state index contributed by atoms with van der Waals surface area (Å²) in [4.78, 5) is 11.3. The first-order valence-electron chi connectivity index (χ1n) is 5.48. The van der Waals surface area contributed by atoms with Crippen LogP contribution in [-0.2, 0) is 9.53 Å². The minimum absolute atomic E-state index is 0.101. The minimum atomic E-state index is -0.107. The van der Waals surface area contributed by atoms with Crippen LogP contribution in [0.3, 0.4) is 0 Å². The highest BCUT2D eigenvalue weighted by Gasteiger charge is 2.25. The lowest BCUT2D eigenvalue weighted by atomic mass is 9.92. The number of nitrogens with one attached hydrogen (secondary N) is 1. The van der Waals surface area contributed by atoms with Crippen molar-refractivity contribution in [3.8, 4) is 0 Å². The summed E-state index contributed by atoms with van der Waals surface area (Å²) in [6, 6.07) is 0. The van der Waals surface area contributed by atoms with Crippen LogP contribution >= 0.6 is 0 Å². The van der Waals surface area contributed by atoms with E-state index in [-0.39, 0.29) is 11.5 Å². The van der Waals surface area contributed by atoms with E-state index in [4.69, 9.17) is 4.74 Å². The zero-order valence-corrected chi connectivity index (χ0v) is 9.85. The fraction of sp³-hybridized carbons (Fsp3) is 0.909. The Labute approximate surface area is 87.2 Å². The molecule has 0 spiro atoms. The molecule has 0 aliphatic carbocycles. The van der Waals surface area contributed by atoms with E-state index in [2.05, 4.69) is 26.1 Å². The van der Waals surface area contributed by atoms with E-state index in [1.165, 1.54) is 0 Å². The van der Waals surface area contributed by atoms with Gasteiger partial charge in [-0.25, -0.2) is 0 Å². The average Bonchev–Trinajstić information content (AvgIpc) is 2.04. The average molecular weight is 201 g/mol. The summed E-state index contributed by atoms with van der Waals surface area (Å²) in [7, 11) is 0. The van der Waals surface area contributed by atoms with Gasteiger partial charge < -0.3 is 10.1 Å². The van der Waals surface area contributed by atoms with Crippen molar-refractivity contribution in [3.05, 3.63) is 0 Å². The van der Waals surface area contributed by atoms with Crippen molar-refractivity contribution in [2.24, 2.45) is 0 Å². The molecular weight excluding hydrogens is 178 g/mol. The summed E-state index contributed by atoms with van der Waals surface area (Å²) >= 11 is 0. The van der Waals surface area contributed by atoms with Gasteiger partial charge in [0, 0.05) is 5.54 Å². The van der Waals surface area contributed by atoms with Crippen LogP contribution in [0, 0.1) is 0 Å². The van der Waals surface area contributed by atoms with Crippen LogP contribution in [0.25, 0.3) is 0 Å². The summed E-state index contributed by atoms with van der Waals surface area (Å²) in [5.41, 5.74) is -0.101. The van der Waals surface area contributed by atoms with Crippen LogP contribution in [0.1, 0.15) is 47.0 Å². The zero-order chi connectivity index (χ0) is 11.0. The molecule has 14 heavy (non-hydrogen) atoms. The Balaban J connectivity index is 4.12. The quantitative estimate of drug-likeness (QED) is 0.641. The molecular formula is C11H23NO2. The topological polar surface area (TPSA) is 38.3 Å². The SMILES string of the molecule is CCCC(C)(CC(=O)OCC)NCC. The van der Waals surface area contributed by atoms with Gasteiger partial charge in [0.25, 0.3) is 0 Å². The first-order valence-corrected chi connectivity index (χ1v) is 5.48. The van der Waals surface area contributed by atoms with Crippen LogP contribution in [0.15, 0.2) is 0 Å². The van der Waals surface area contributed by atoms with Crippen LogP contribution < -0.4 is 5.32 Å². The maximum atomic E-state index is 11.3. The summed E-state index contributed by atoms with van der Waals surface area (Å²) in [6.45, 7) is 9.45. The van der Waals surface area contributed by atoms with Gasteiger partial charge in [-0.2, -0.15) is 0 Å². The highest BCUT2D eigenvalue weighted by atomic mass is 16.5. The minimum Gasteiger partial charge on any atom is -0.466 e. The van der Waals surface area contributed by atoms with Crippen LogP contribution in [-0.4, -0.2) is 24.7 Å². The number of esters is 1. The van der Waals surface area contributed by atoms with Crippen molar-refractivity contribution >= 4 is 5.97 Å². The van der Waals surface area contributed by atoms with Crippen molar-refractivity contribution in [1.82, 2.24) is 5.32 Å². The normalized spacial score (nSPS) is 14.9. The van der Waals surface area contributed by atoms with Crippen molar-refractivity contribution in [2.75, 3.05) is 13.2 Å². The third-order valence-corrected chi connectivity index (χ3v) is 2.25. The number of rotatable bonds is 7. The number of hydrogen-bond donors (Lipinski definition) is 1. The molecule has 0 saturated carbocycles. The predicted octanol–water partition coefficient (Wildman–Crippen LogP) is 2.11. The standard InChI is InChI=1S/C11H23NO2/c1-5-8-11(4,12-6-2)9-10(13)14-7-3/h12H,5-9H2,1-4H3. The van der Waals surface area contributed by atoms with Crippen molar-refractivity contribution < 1.29 is 9.53 Å². The highest BCUT2D eigenvalue weighted by Crippen LogP contribution is 2.17. The lowest BCUT2D eigenvalue weighted by molar-refractivity contribution is -0.144. The summed E-state index contributed by atoms with van der Waals surface area (Å²) < 4.78 is 4.95. The van der Waals surface area contributed by atoms with Crippen molar-refractivity contribution in [3.63, 3.8) is 0 Å². The number of ether oxygens (including phenoxy) is 1. The molecule has 3 heteroatoms. The zero-order valence-electron chi connectivity index (χ0n) is 9.85. The maximum absolute atomic E-state index is 11.3. The summed E-state index contributed by atoms with van der Waals surface area (Å²) in [5, 5.41) is 3.35. The lowest BCUT2D eigenvalue weighted by Gasteiger charge is -2.29. The molecule has 0 saturated heterocycles. The molecule has 0 aromatic heterocycles. The van der Waals surface area contributed by atoms with E-state index < -0.39 is 0 Å². The van der Waals surface area contributed by atoms with Crippen LogP contribution in [0.5, 0.6) is 0 Å². The first kappa shape index (κ1) is 13.4. The summed E-state index contributed by atoms with van der Waals surface area (Å²) in [5.74, 6) is -0.107.